The van der Waals surface area contributed by atoms with Gasteiger partial charge in [-0.3, -0.25) is 10.1 Å². The number of anilines is 2. The molecule has 1 aliphatic carbocycles. The van der Waals surface area contributed by atoms with Gasteiger partial charge in [0.05, 0.1) is 4.92 Å². The molecule has 116 valence electrons. The van der Waals surface area contributed by atoms with E-state index in [1.54, 1.807) is 6.92 Å². The fraction of sp³-hybridized carbons (Fsp3) is 0.714. The molecule has 7 nitrogen and oxygen atoms in total. The van der Waals surface area contributed by atoms with Crippen LogP contribution in [0.1, 0.15) is 45.2 Å². The van der Waals surface area contributed by atoms with Crippen molar-refractivity contribution in [2.45, 2.75) is 46.5 Å². The van der Waals surface area contributed by atoms with Crippen molar-refractivity contribution in [2.24, 2.45) is 5.41 Å². The highest BCUT2D eigenvalue weighted by atomic mass is 16.6. The Bertz CT molecular complexity index is 528. The molecule has 1 aromatic heterocycles. The Morgan fingerprint density at radius 1 is 1.33 bits per heavy atom. The third-order valence-corrected chi connectivity index (χ3v) is 4.02. The summed E-state index contributed by atoms with van der Waals surface area (Å²) >= 11 is 0. The summed E-state index contributed by atoms with van der Waals surface area (Å²) in [7, 11) is 0. The topological polar surface area (TPSA) is 93.0 Å². The Balaban J connectivity index is 2.21. The number of nitro groups is 1. The summed E-state index contributed by atoms with van der Waals surface area (Å²) < 4.78 is 0. The predicted molar refractivity (Wildman–Crippen MR) is 82.7 cm³/mol. The van der Waals surface area contributed by atoms with Gasteiger partial charge in [-0.15, -0.1) is 0 Å². The third-order valence-electron chi connectivity index (χ3n) is 4.02. The van der Waals surface area contributed by atoms with Crippen LogP contribution in [-0.4, -0.2) is 28.0 Å². The Hall–Kier alpha value is -1.92. The van der Waals surface area contributed by atoms with Gasteiger partial charge in [0.1, 0.15) is 5.69 Å². The molecule has 0 radical (unpaired) electrons. The maximum absolute atomic E-state index is 11.2. The van der Waals surface area contributed by atoms with Crippen molar-refractivity contribution in [3.8, 4) is 0 Å². The molecule has 0 spiro atoms. The number of nitrogens with zero attached hydrogens (tertiary/aromatic N) is 3. The van der Waals surface area contributed by atoms with Crippen LogP contribution in [0, 0.1) is 22.5 Å². The van der Waals surface area contributed by atoms with Crippen molar-refractivity contribution in [3.63, 3.8) is 0 Å². The van der Waals surface area contributed by atoms with Gasteiger partial charge < -0.3 is 10.6 Å². The van der Waals surface area contributed by atoms with Gasteiger partial charge in [-0.05, 0) is 31.6 Å². The molecule has 1 heterocycles. The molecule has 21 heavy (non-hydrogen) atoms. The molecule has 0 atom stereocenters. The summed E-state index contributed by atoms with van der Waals surface area (Å²) in [6, 6.07) is 0. The van der Waals surface area contributed by atoms with E-state index in [1.165, 1.54) is 6.42 Å². The lowest BCUT2D eigenvalue weighted by Crippen LogP contribution is -2.33. The van der Waals surface area contributed by atoms with Crippen LogP contribution < -0.4 is 10.6 Å². The minimum atomic E-state index is -0.412. The van der Waals surface area contributed by atoms with E-state index in [-0.39, 0.29) is 11.1 Å². The largest absolute Gasteiger partial charge is 0.364 e. The molecule has 0 aromatic carbocycles. The van der Waals surface area contributed by atoms with Crippen molar-refractivity contribution in [1.82, 2.24) is 9.97 Å². The number of hydrogen-bond acceptors (Lipinski definition) is 6. The number of aromatic nitrogens is 2. The minimum Gasteiger partial charge on any atom is -0.364 e. The summed E-state index contributed by atoms with van der Waals surface area (Å²) in [4.78, 5) is 19.3. The molecular formula is C14H23N5O2. The zero-order valence-electron chi connectivity index (χ0n) is 12.9. The van der Waals surface area contributed by atoms with Crippen LogP contribution in [0.3, 0.4) is 0 Å². The van der Waals surface area contributed by atoms with Gasteiger partial charge in [-0.1, -0.05) is 20.3 Å². The average Bonchev–Trinajstić information content (AvgIpc) is 2.39. The van der Waals surface area contributed by atoms with Crippen LogP contribution in [0.2, 0.25) is 0 Å². The van der Waals surface area contributed by atoms with E-state index in [0.29, 0.717) is 24.0 Å². The second kappa shape index (κ2) is 6.24. The van der Waals surface area contributed by atoms with Gasteiger partial charge in [0, 0.05) is 13.1 Å². The smallest absolute Gasteiger partial charge is 0.332 e. The molecule has 1 saturated carbocycles. The normalized spacial score (nSPS) is 16.1. The zero-order chi connectivity index (χ0) is 15.5. The highest BCUT2D eigenvalue weighted by Gasteiger charge is 2.32. The first kappa shape index (κ1) is 15.5. The fourth-order valence-electron chi connectivity index (χ4n) is 2.48. The quantitative estimate of drug-likeness (QED) is 0.592. The summed E-state index contributed by atoms with van der Waals surface area (Å²) in [5.41, 5.74) is 0.582. The molecule has 7 heteroatoms. The Labute approximate surface area is 124 Å². The van der Waals surface area contributed by atoms with Gasteiger partial charge in [0.25, 0.3) is 0 Å². The van der Waals surface area contributed by atoms with Gasteiger partial charge in [0.15, 0.2) is 0 Å². The molecule has 0 amide bonds. The van der Waals surface area contributed by atoms with Gasteiger partial charge >= 0.3 is 5.69 Å². The molecule has 0 aliphatic heterocycles. The molecular weight excluding hydrogens is 270 g/mol. The third kappa shape index (κ3) is 3.59. The second-order valence-electron chi connectivity index (χ2n) is 6.03. The second-order valence-corrected chi connectivity index (χ2v) is 6.03. The Morgan fingerprint density at radius 2 is 2.05 bits per heavy atom. The first-order valence-electron chi connectivity index (χ1n) is 7.46. The van der Waals surface area contributed by atoms with Crippen molar-refractivity contribution < 1.29 is 4.92 Å². The minimum absolute atomic E-state index is 0.0278. The van der Waals surface area contributed by atoms with Crippen molar-refractivity contribution in [3.05, 3.63) is 15.8 Å². The highest BCUT2D eigenvalue weighted by molar-refractivity contribution is 5.60. The van der Waals surface area contributed by atoms with E-state index in [2.05, 4.69) is 27.5 Å². The summed E-state index contributed by atoms with van der Waals surface area (Å²) in [5, 5.41) is 17.5. The zero-order valence-corrected chi connectivity index (χ0v) is 12.9. The van der Waals surface area contributed by atoms with Gasteiger partial charge in [-0.25, -0.2) is 4.98 Å². The molecule has 2 N–H and O–H groups in total. The van der Waals surface area contributed by atoms with E-state index in [0.717, 1.165) is 25.8 Å². The maximum Gasteiger partial charge on any atom is 0.332 e. The lowest BCUT2D eigenvalue weighted by atomic mass is 9.70. The van der Waals surface area contributed by atoms with Crippen LogP contribution in [0.25, 0.3) is 0 Å². The van der Waals surface area contributed by atoms with Crippen LogP contribution in [0.15, 0.2) is 0 Å². The van der Waals surface area contributed by atoms with Gasteiger partial charge in [-0.2, -0.15) is 4.98 Å². The molecule has 1 aromatic rings. The Morgan fingerprint density at radius 3 is 2.57 bits per heavy atom. The van der Waals surface area contributed by atoms with Gasteiger partial charge in [0.2, 0.25) is 11.8 Å². The number of rotatable bonds is 7. The summed E-state index contributed by atoms with van der Waals surface area (Å²) in [6.07, 6.45) is 4.48. The monoisotopic (exact) mass is 293 g/mol. The van der Waals surface area contributed by atoms with Crippen LogP contribution >= 0.6 is 0 Å². The lowest BCUT2D eigenvalue weighted by molar-refractivity contribution is -0.385. The summed E-state index contributed by atoms with van der Waals surface area (Å²) in [6.45, 7) is 7.33. The average molecular weight is 293 g/mol. The maximum atomic E-state index is 11.2. The number of nitrogens with one attached hydrogen (secondary N) is 2. The van der Waals surface area contributed by atoms with E-state index < -0.39 is 4.92 Å². The van der Waals surface area contributed by atoms with E-state index in [1.807, 2.05) is 6.92 Å². The van der Waals surface area contributed by atoms with Crippen LogP contribution in [-0.2, 0) is 0 Å². The molecule has 1 aliphatic rings. The fourth-order valence-corrected chi connectivity index (χ4v) is 2.48. The lowest BCUT2D eigenvalue weighted by Gasteiger charge is -2.38. The molecule has 0 saturated heterocycles. The van der Waals surface area contributed by atoms with Crippen molar-refractivity contribution >= 4 is 17.5 Å². The van der Waals surface area contributed by atoms with Crippen LogP contribution in [0.4, 0.5) is 17.5 Å². The number of aryl methyl sites for hydroxylation is 1. The van der Waals surface area contributed by atoms with Crippen molar-refractivity contribution in [2.75, 3.05) is 23.7 Å². The number of hydrogen-bond donors (Lipinski definition) is 2. The Kier molecular flexibility index (Phi) is 4.59. The van der Waals surface area contributed by atoms with Crippen molar-refractivity contribution in [1.29, 1.82) is 0 Å². The van der Waals surface area contributed by atoms with E-state index in [9.17, 15) is 10.1 Å². The molecule has 1 fully saturated rings. The first-order valence-corrected chi connectivity index (χ1v) is 7.46. The molecule has 2 rings (SSSR count). The molecule has 0 bridgehead atoms. The first-order chi connectivity index (χ1) is 9.95. The SMILES string of the molecule is CCCNc1nc(C)c([N+](=O)[O-])c(NCC2(C)CCC2)n1. The standard InChI is InChI=1S/C14H23N5O2/c1-4-8-15-13-17-10(2)11(19(20)21)12(18-13)16-9-14(3)6-5-7-14/h4-9H2,1-3H3,(H2,15,16,17,18). The predicted octanol–water partition coefficient (Wildman–Crippen LogP) is 3.12. The highest BCUT2D eigenvalue weighted by Crippen LogP contribution is 2.40. The van der Waals surface area contributed by atoms with Crippen LogP contribution in [0.5, 0.6) is 0 Å². The summed E-state index contributed by atoms with van der Waals surface area (Å²) in [5.74, 6) is 0.764. The van der Waals surface area contributed by atoms with E-state index >= 15 is 0 Å². The molecule has 0 unspecified atom stereocenters. The van der Waals surface area contributed by atoms with E-state index in [4.69, 9.17) is 0 Å².